The van der Waals surface area contributed by atoms with E-state index < -0.39 is 22.5 Å². The molecule has 0 aliphatic heterocycles. The summed E-state index contributed by atoms with van der Waals surface area (Å²) in [5, 5.41) is 2.58. The van der Waals surface area contributed by atoms with Gasteiger partial charge in [0, 0.05) is 31.3 Å². The minimum Gasteiger partial charge on any atom is -0.434 e. The fourth-order valence-electron chi connectivity index (χ4n) is 2.29. The second-order valence-electron chi connectivity index (χ2n) is 5.58. The van der Waals surface area contributed by atoms with Crippen molar-refractivity contribution in [3.63, 3.8) is 0 Å². The van der Waals surface area contributed by atoms with Crippen LogP contribution >= 0.6 is 0 Å². The van der Waals surface area contributed by atoms with E-state index in [1.165, 1.54) is 37.4 Å². The average Bonchev–Trinajstić information content (AvgIpc) is 2.67. The largest absolute Gasteiger partial charge is 0.434 e. The van der Waals surface area contributed by atoms with Crippen LogP contribution in [-0.4, -0.2) is 41.2 Å². The van der Waals surface area contributed by atoms with Gasteiger partial charge in [-0.2, -0.15) is 8.78 Å². The molecule has 0 aliphatic rings. The smallest absolute Gasteiger partial charge is 0.387 e. The van der Waals surface area contributed by atoms with Gasteiger partial charge in [0.25, 0.3) is 5.91 Å². The van der Waals surface area contributed by atoms with Crippen molar-refractivity contribution in [1.29, 1.82) is 0 Å². The molecule has 2 aromatic carbocycles. The Hall–Kier alpha value is -2.56. The fraction of sp³-hybridized carbons (Fsp3) is 0.278. The number of para-hydroxylation sites is 1. The maximum atomic E-state index is 12.4. The number of ether oxygens (including phenoxy) is 2. The lowest BCUT2D eigenvalue weighted by Gasteiger charge is -2.11. The van der Waals surface area contributed by atoms with E-state index in [9.17, 15) is 22.0 Å². The van der Waals surface area contributed by atoms with Gasteiger partial charge in [-0.15, -0.1) is 0 Å². The number of carbonyl (C=O) groups excluding carboxylic acids is 1. The number of halogens is 2. The molecule has 2 aromatic rings. The SMILES string of the molecule is COCCNS(=O)(=O)c1ccc(C(=O)NCc2ccccc2OC(F)F)cc1. The highest BCUT2D eigenvalue weighted by Crippen LogP contribution is 2.20. The molecule has 1 amide bonds. The highest BCUT2D eigenvalue weighted by atomic mass is 32.2. The van der Waals surface area contributed by atoms with Gasteiger partial charge in [-0.25, -0.2) is 13.1 Å². The topological polar surface area (TPSA) is 93.7 Å². The summed E-state index contributed by atoms with van der Waals surface area (Å²) in [5.41, 5.74) is 0.612. The lowest BCUT2D eigenvalue weighted by Crippen LogP contribution is -2.27. The molecule has 0 heterocycles. The number of rotatable bonds is 10. The van der Waals surface area contributed by atoms with Crippen molar-refractivity contribution in [2.45, 2.75) is 18.1 Å². The van der Waals surface area contributed by atoms with Gasteiger partial charge < -0.3 is 14.8 Å². The van der Waals surface area contributed by atoms with E-state index in [1.54, 1.807) is 18.2 Å². The minimum absolute atomic E-state index is 0.0100. The second kappa shape index (κ2) is 10.1. The van der Waals surface area contributed by atoms with Crippen LogP contribution in [0, 0.1) is 0 Å². The molecule has 0 aromatic heterocycles. The first-order valence-electron chi connectivity index (χ1n) is 8.23. The Balaban J connectivity index is 2.00. The molecule has 28 heavy (non-hydrogen) atoms. The van der Waals surface area contributed by atoms with E-state index in [1.807, 2.05) is 0 Å². The number of methoxy groups -OCH3 is 1. The first-order chi connectivity index (χ1) is 13.3. The zero-order valence-electron chi connectivity index (χ0n) is 15.0. The second-order valence-corrected chi connectivity index (χ2v) is 7.35. The van der Waals surface area contributed by atoms with Crippen LogP contribution in [0.3, 0.4) is 0 Å². The normalized spacial score (nSPS) is 11.4. The lowest BCUT2D eigenvalue weighted by atomic mass is 10.2. The first kappa shape index (κ1) is 21.7. The third-order valence-electron chi connectivity index (χ3n) is 3.65. The molecule has 10 heteroatoms. The standard InChI is InChI=1S/C18H20F2N2O5S/c1-26-11-10-22-28(24,25)15-8-6-13(7-9-15)17(23)21-12-14-4-2-3-5-16(14)27-18(19)20/h2-9,18,22H,10-12H2,1H3,(H,21,23). The monoisotopic (exact) mass is 414 g/mol. The third kappa shape index (κ3) is 6.25. The summed E-state index contributed by atoms with van der Waals surface area (Å²) in [4.78, 5) is 12.3. The van der Waals surface area contributed by atoms with Gasteiger partial charge in [0.15, 0.2) is 0 Å². The zero-order chi connectivity index (χ0) is 20.6. The van der Waals surface area contributed by atoms with Crippen LogP contribution in [0.25, 0.3) is 0 Å². The van der Waals surface area contributed by atoms with E-state index >= 15 is 0 Å². The molecular weight excluding hydrogens is 394 g/mol. The summed E-state index contributed by atoms with van der Waals surface area (Å²) >= 11 is 0. The molecule has 0 aliphatic carbocycles. The van der Waals surface area contributed by atoms with Gasteiger partial charge in [0.1, 0.15) is 5.75 Å². The van der Waals surface area contributed by atoms with Crippen molar-refractivity contribution in [2.75, 3.05) is 20.3 Å². The number of hydrogen-bond donors (Lipinski definition) is 2. The van der Waals surface area contributed by atoms with Gasteiger partial charge in [0.05, 0.1) is 11.5 Å². The summed E-state index contributed by atoms with van der Waals surface area (Å²) in [7, 11) is -2.24. The number of amides is 1. The molecule has 0 atom stereocenters. The Morgan fingerprint density at radius 3 is 2.43 bits per heavy atom. The maximum absolute atomic E-state index is 12.4. The van der Waals surface area contributed by atoms with Crippen LogP contribution in [-0.2, 0) is 21.3 Å². The number of benzene rings is 2. The molecule has 7 nitrogen and oxygen atoms in total. The van der Waals surface area contributed by atoms with E-state index in [0.29, 0.717) is 5.56 Å². The van der Waals surface area contributed by atoms with Crippen molar-refractivity contribution in [2.24, 2.45) is 0 Å². The quantitative estimate of drug-likeness (QED) is 0.581. The molecule has 0 radical (unpaired) electrons. The number of nitrogens with one attached hydrogen (secondary N) is 2. The molecule has 152 valence electrons. The Labute approximate surface area is 161 Å². The molecule has 0 saturated carbocycles. The average molecular weight is 414 g/mol. The van der Waals surface area contributed by atoms with Crippen LogP contribution < -0.4 is 14.8 Å². The van der Waals surface area contributed by atoms with Gasteiger partial charge in [-0.05, 0) is 30.3 Å². The number of alkyl halides is 2. The van der Waals surface area contributed by atoms with Gasteiger partial charge in [-0.1, -0.05) is 18.2 Å². The van der Waals surface area contributed by atoms with Crippen molar-refractivity contribution >= 4 is 15.9 Å². The van der Waals surface area contributed by atoms with E-state index in [0.717, 1.165) is 0 Å². The Morgan fingerprint density at radius 1 is 1.11 bits per heavy atom. The van der Waals surface area contributed by atoms with Crippen molar-refractivity contribution in [3.05, 3.63) is 59.7 Å². The van der Waals surface area contributed by atoms with Crippen molar-refractivity contribution in [3.8, 4) is 5.75 Å². The van der Waals surface area contributed by atoms with Crippen LogP contribution in [0.4, 0.5) is 8.78 Å². The summed E-state index contributed by atoms with van der Waals surface area (Å²) < 4.78 is 60.6. The predicted molar refractivity (Wildman–Crippen MR) is 97.8 cm³/mol. The first-order valence-corrected chi connectivity index (χ1v) is 9.71. The minimum atomic E-state index is -3.70. The van der Waals surface area contributed by atoms with Gasteiger partial charge in [0.2, 0.25) is 10.0 Å². The van der Waals surface area contributed by atoms with E-state index in [-0.39, 0.29) is 35.9 Å². The Kier molecular flexibility index (Phi) is 7.85. The molecule has 0 unspecified atom stereocenters. The highest BCUT2D eigenvalue weighted by molar-refractivity contribution is 7.89. The van der Waals surface area contributed by atoms with Crippen molar-refractivity contribution < 1.29 is 31.5 Å². The fourth-order valence-corrected chi connectivity index (χ4v) is 3.30. The Bertz CT molecular complexity index is 889. The van der Waals surface area contributed by atoms with E-state index in [4.69, 9.17) is 4.74 Å². The zero-order valence-corrected chi connectivity index (χ0v) is 15.8. The van der Waals surface area contributed by atoms with Crippen LogP contribution in [0.15, 0.2) is 53.4 Å². The number of hydrogen-bond acceptors (Lipinski definition) is 5. The highest BCUT2D eigenvalue weighted by Gasteiger charge is 2.15. The molecule has 2 rings (SSSR count). The van der Waals surface area contributed by atoms with Gasteiger partial charge >= 0.3 is 6.61 Å². The number of sulfonamides is 1. The molecule has 2 N–H and O–H groups in total. The lowest BCUT2D eigenvalue weighted by molar-refractivity contribution is -0.0504. The third-order valence-corrected chi connectivity index (χ3v) is 5.13. The summed E-state index contributed by atoms with van der Waals surface area (Å²) in [6.07, 6.45) is 0. The summed E-state index contributed by atoms with van der Waals surface area (Å²) in [6.45, 7) is -2.64. The molecule has 0 spiro atoms. The molecule has 0 bridgehead atoms. The van der Waals surface area contributed by atoms with Crippen molar-refractivity contribution in [1.82, 2.24) is 10.0 Å². The number of carbonyl (C=O) groups is 1. The Morgan fingerprint density at radius 2 is 1.79 bits per heavy atom. The molecule has 0 saturated heterocycles. The molecular formula is C18H20F2N2O5S. The van der Waals surface area contributed by atoms with Crippen LogP contribution in [0.1, 0.15) is 15.9 Å². The summed E-state index contributed by atoms with van der Waals surface area (Å²) in [6, 6.07) is 11.4. The van der Waals surface area contributed by atoms with Crippen LogP contribution in [0.5, 0.6) is 5.75 Å². The summed E-state index contributed by atoms with van der Waals surface area (Å²) in [5.74, 6) is -0.510. The predicted octanol–water partition coefficient (Wildman–Crippen LogP) is 2.14. The van der Waals surface area contributed by atoms with E-state index in [2.05, 4.69) is 14.8 Å². The maximum Gasteiger partial charge on any atom is 0.387 e. The van der Waals surface area contributed by atoms with Crippen LogP contribution in [0.2, 0.25) is 0 Å². The van der Waals surface area contributed by atoms with Gasteiger partial charge in [-0.3, -0.25) is 4.79 Å². The molecule has 0 fully saturated rings.